The summed E-state index contributed by atoms with van der Waals surface area (Å²) in [7, 11) is 0. The molecule has 0 bridgehead atoms. The highest BCUT2D eigenvalue weighted by Gasteiger charge is 2.16. The van der Waals surface area contributed by atoms with Gasteiger partial charge in [0.1, 0.15) is 16.7 Å². The number of fused-ring (bicyclic) bond motifs is 1. The Morgan fingerprint density at radius 2 is 2.14 bits per heavy atom. The summed E-state index contributed by atoms with van der Waals surface area (Å²) in [4.78, 5) is 8.66. The van der Waals surface area contributed by atoms with E-state index in [2.05, 4.69) is 20.6 Å². The van der Waals surface area contributed by atoms with Crippen LogP contribution in [-0.2, 0) is 24.2 Å². The molecule has 3 rings (SSSR count). The molecular formula is C20H25ClFIN4O2. The fourth-order valence-corrected chi connectivity index (χ4v) is 3.06. The van der Waals surface area contributed by atoms with Gasteiger partial charge in [0.25, 0.3) is 0 Å². The van der Waals surface area contributed by atoms with Crippen molar-refractivity contribution in [3.05, 3.63) is 58.1 Å². The van der Waals surface area contributed by atoms with E-state index in [-0.39, 0.29) is 36.6 Å². The van der Waals surface area contributed by atoms with Crippen molar-refractivity contribution in [2.45, 2.75) is 26.4 Å². The van der Waals surface area contributed by atoms with Gasteiger partial charge in [-0.15, -0.1) is 24.0 Å². The maximum atomic E-state index is 13.8. The lowest BCUT2D eigenvalue weighted by Gasteiger charge is -2.20. The van der Waals surface area contributed by atoms with Crippen LogP contribution in [0.15, 0.2) is 35.5 Å². The van der Waals surface area contributed by atoms with Crippen LogP contribution in [0.3, 0.4) is 0 Å². The summed E-state index contributed by atoms with van der Waals surface area (Å²) < 4.78 is 24.6. The Balaban J connectivity index is 0.00000300. The Labute approximate surface area is 192 Å². The summed E-state index contributed by atoms with van der Waals surface area (Å²) in [5.41, 5.74) is 2.65. The molecular weight excluding hydrogens is 510 g/mol. The number of benzene rings is 1. The lowest BCUT2D eigenvalue weighted by atomic mass is 10.1. The molecule has 0 unspecified atom stereocenters. The molecule has 1 aromatic heterocycles. The second-order valence-electron chi connectivity index (χ2n) is 6.34. The molecule has 0 radical (unpaired) electrons. The molecule has 2 aromatic rings. The molecule has 1 aliphatic heterocycles. The van der Waals surface area contributed by atoms with Gasteiger partial charge in [0.15, 0.2) is 12.8 Å². The predicted molar refractivity (Wildman–Crippen MR) is 123 cm³/mol. The van der Waals surface area contributed by atoms with Gasteiger partial charge in [-0.1, -0.05) is 17.7 Å². The van der Waals surface area contributed by atoms with Crippen molar-refractivity contribution in [3.8, 4) is 5.75 Å². The molecule has 158 valence electrons. The van der Waals surface area contributed by atoms with Gasteiger partial charge in [0.2, 0.25) is 0 Å². The quantitative estimate of drug-likeness (QED) is 0.245. The number of ether oxygens (including phenoxy) is 2. The molecule has 0 saturated heterocycles. The number of guanidine groups is 1. The first-order valence-corrected chi connectivity index (χ1v) is 9.68. The van der Waals surface area contributed by atoms with Crippen molar-refractivity contribution in [1.82, 2.24) is 15.6 Å². The number of halogens is 3. The van der Waals surface area contributed by atoms with Gasteiger partial charge in [-0.25, -0.2) is 9.37 Å². The molecule has 0 atom stereocenters. The van der Waals surface area contributed by atoms with Crippen molar-refractivity contribution < 1.29 is 13.9 Å². The minimum absolute atomic E-state index is 0. The highest BCUT2D eigenvalue weighted by Crippen LogP contribution is 2.29. The number of nitrogens with one attached hydrogen (secondary N) is 2. The third-order valence-electron chi connectivity index (χ3n) is 4.24. The Bertz CT molecular complexity index is 821. The van der Waals surface area contributed by atoms with Crippen molar-refractivity contribution >= 4 is 41.5 Å². The van der Waals surface area contributed by atoms with Crippen LogP contribution in [0.2, 0.25) is 5.15 Å². The van der Waals surface area contributed by atoms with Crippen LogP contribution < -0.4 is 15.4 Å². The molecule has 0 fully saturated rings. The Hall–Kier alpha value is -1.65. The van der Waals surface area contributed by atoms with E-state index in [9.17, 15) is 4.39 Å². The third kappa shape index (κ3) is 7.27. The fourth-order valence-electron chi connectivity index (χ4n) is 2.95. The predicted octanol–water partition coefficient (Wildman–Crippen LogP) is 3.70. The van der Waals surface area contributed by atoms with Crippen LogP contribution in [0.25, 0.3) is 0 Å². The number of aromatic nitrogens is 1. The lowest BCUT2D eigenvalue weighted by molar-refractivity contribution is -0.0172. The van der Waals surface area contributed by atoms with Crippen molar-refractivity contribution in [2.24, 2.45) is 4.99 Å². The highest BCUT2D eigenvalue weighted by molar-refractivity contribution is 14.0. The van der Waals surface area contributed by atoms with Crippen LogP contribution in [-0.4, -0.2) is 37.4 Å². The van der Waals surface area contributed by atoms with Gasteiger partial charge in [-0.3, -0.25) is 4.99 Å². The summed E-state index contributed by atoms with van der Waals surface area (Å²) in [5.74, 6) is 1.16. The van der Waals surface area contributed by atoms with Crippen LogP contribution in [0.5, 0.6) is 5.75 Å². The molecule has 1 aromatic carbocycles. The van der Waals surface area contributed by atoms with E-state index in [1.54, 1.807) is 12.3 Å². The number of hydrogen-bond donors (Lipinski definition) is 2. The van der Waals surface area contributed by atoms with Gasteiger partial charge in [-0.2, -0.15) is 0 Å². The Kier molecular flexibility index (Phi) is 9.89. The highest BCUT2D eigenvalue weighted by atomic mass is 127. The first kappa shape index (κ1) is 23.6. The second kappa shape index (κ2) is 12.1. The molecule has 9 heteroatoms. The summed E-state index contributed by atoms with van der Waals surface area (Å²) >= 11 is 5.80. The molecule has 1 aliphatic rings. The zero-order chi connectivity index (χ0) is 19.8. The average molecular weight is 535 g/mol. The molecule has 2 N–H and O–H groups in total. The summed E-state index contributed by atoms with van der Waals surface area (Å²) in [6.07, 6.45) is 3.16. The summed E-state index contributed by atoms with van der Waals surface area (Å²) in [6.45, 7) is 4.55. The SMILES string of the molecule is CCNC(=NCCc1cc(F)cc2c1OCOC2)NCCc1ccc(Cl)nc1.I. The van der Waals surface area contributed by atoms with Gasteiger partial charge >= 0.3 is 0 Å². The maximum absolute atomic E-state index is 13.8. The van der Waals surface area contributed by atoms with E-state index >= 15 is 0 Å². The van der Waals surface area contributed by atoms with Crippen LogP contribution in [0.1, 0.15) is 23.6 Å². The van der Waals surface area contributed by atoms with Gasteiger partial charge in [0.05, 0.1) is 6.61 Å². The molecule has 2 heterocycles. The summed E-state index contributed by atoms with van der Waals surface area (Å²) in [5, 5.41) is 7.00. The topological polar surface area (TPSA) is 67.8 Å². The zero-order valence-electron chi connectivity index (χ0n) is 16.2. The number of aliphatic imine (C=N–C) groups is 1. The van der Waals surface area contributed by atoms with Gasteiger partial charge in [0, 0.05) is 31.4 Å². The number of pyridine rings is 1. The number of nitrogens with zero attached hydrogens (tertiary/aromatic N) is 2. The zero-order valence-corrected chi connectivity index (χ0v) is 19.3. The molecule has 0 amide bonds. The van der Waals surface area contributed by atoms with E-state index in [4.69, 9.17) is 21.1 Å². The maximum Gasteiger partial charge on any atom is 0.191 e. The van der Waals surface area contributed by atoms with Crippen molar-refractivity contribution in [2.75, 3.05) is 26.4 Å². The van der Waals surface area contributed by atoms with E-state index in [0.717, 1.165) is 41.4 Å². The molecule has 0 aliphatic carbocycles. The monoisotopic (exact) mass is 534 g/mol. The van der Waals surface area contributed by atoms with Crippen LogP contribution >= 0.6 is 35.6 Å². The molecule has 0 saturated carbocycles. The van der Waals surface area contributed by atoms with E-state index < -0.39 is 0 Å². The van der Waals surface area contributed by atoms with Crippen LogP contribution in [0, 0.1) is 5.82 Å². The Morgan fingerprint density at radius 3 is 2.90 bits per heavy atom. The number of rotatable bonds is 7. The smallest absolute Gasteiger partial charge is 0.191 e. The van der Waals surface area contributed by atoms with E-state index in [1.807, 2.05) is 13.0 Å². The molecule has 6 nitrogen and oxygen atoms in total. The first-order chi connectivity index (χ1) is 13.7. The minimum Gasteiger partial charge on any atom is -0.467 e. The third-order valence-corrected chi connectivity index (χ3v) is 4.47. The number of hydrogen-bond acceptors (Lipinski definition) is 4. The Morgan fingerprint density at radius 1 is 1.28 bits per heavy atom. The van der Waals surface area contributed by atoms with Crippen molar-refractivity contribution in [1.29, 1.82) is 0 Å². The van der Waals surface area contributed by atoms with Crippen molar-refractivity contribution in [3.63, 3.8) is 0 Å². The standard InChI is InChI=1S/C20H24ClFN4O2.HI/c1-2-23-20(24-7-5-14-3-4-18(21)26-11-14)25-8-6-15-9-17(22)10-16-12-27-13-28-19(15)16;/h3-4,9-11H,2,5-8,12-13H2,1H3,(H2,23,24,25);1H. The minimum atomic E-state index is -0.284. The second-order valence-corrected chi connectivity index (χ2v) is 6.73. The lowest BCUT2D eigenvalue weighted by Crippen LogP contribution is -2.38. The summed E-state index contributed by atoms with van der Waals surface area (Å²) in [6, 6.07) is 6.70. The first-order valence-electron chi connectivity index (χ1n) is 9.30. The largest absolute Gasteiger partial charge is 0.467 e. The normalized spacial score (nSPS) is 13.1. The van der Waals surface area contributed by atoms with Crippen LogP contribution in [0.4, 0.5) is 4.39 Å². The molecule has 29 heavy (non-hydrogen) atoms. The molecule has 0 spiro atoms. The van der Waals surface area contributed by atoms with E-state index in [1.165, 1.54) is 12.1 Å². The van der Waals surface area contributed by atoms with Gasteiger partial charge < -0.3 is 20.1 Å². The van der Waals surface area contributed by atoms with Gasteiger partial charge in [-0.05, 0) is 49.1 Å². The fraction of sp³-hybridized carbons (Fsp3) is 0.400. The van der Waals surface area contributed by atoms with E-state index in [0.29, 0.717) is 31.3 Å². The average Bonchev–Trinajstić information content (AvgIpc) is 2.69.